The maximum Gasteiger partial charge on any atom is 0.258 e. The number of nitrogens with zero attached hydrogens (tertiary/aromatic N) is 8. The van der Waals surface area contributed by atoms with E-state index in [4.69, 9.17) is 0 Å². The zero-order chi connectivity index (χ0) is 41.9. The number of hydrogen-bond acceptors (Lipinski definition) is 8. The standard InChI is InChI=1S/C22H22F2N4O3.C22H20F2N4O/c23-14-3-4-18(24)16(8-14)19-2-1-6-27(19)15-5-7-28-20(9-15)17(10-25-28)21(30)26-11-22(31,12-26)13-29;1-14-12-26(13-14)22(29)18-11-25-28-8-6-16(10-21(18)28)27-7-2-3-20(27)17-9-15(23)4-5-19(17)24/h3-5,7-10,19,29,31H,1-2,6,11-13H2;4-6,8-11,20H,1-3,7,12-13H2/t19-;20-/m11/s1. The third-order valence-corrected chi connectivity index (χ3v) is 11.9. The first kappa shape index (κ1) is 39.2. The summed E-state index contributed by atoms with van der Waals surface area (Å²) < 4.78 is 59.5. The molecule has 0 radical (unpaired) electrons. The molecule has 2 N–H and O–H groups in total. The average Bonchev–Trinajstić information content (AvgIpc) is 4.06. The molecule has 4 aliphatic heterocycles. The third kappa shape index (κ3) is 7.12. The number of aliphatic hydroxyl groups is 2. The Bertz CT molecular complexity index is 2650. The summed E-state index contributed by atoms with van der Waals surface area (Å²) in [5.41, 5.74) is 4.35. The number of likely N-dealkylation sites (tertiary alicyclic amines) is 2. The number of pyridine rings is 2. The molecule has 4 saturated heterocycles. The van der Waals surface area contributed by atoms with E-state index in [9.17, 15) is 37.4 Å². The third-order valence-electron chi connectivity index (χ3n) is 11.9. The first-order chi connectivity index (χ1) is 28.9. The summed E-state index contributed by atoms with van der Waals surface area (Å²) in [5, 5.41) is 27.7. The van der Waals surface area contributed by atoms with Crippen LogP contribution in [0.4, 0.5) is 28.9 Å². The number of carbonyl (C=O) groups excluding carboxylic acids is 2. The van der Waals surface area contributed by atoms with Gasteiger partial charge in [-0.05, 0) is 91.9 Å². The van der Waals surface area contributed by atoms with Crippen molar-refractivity contribution in [3.8, 4) is 0 Å². The van der Waals surface area contributed by atoms with E-state index in [-0.39, 0.29) is 37.0 Å². The van der Waals surface area contributed by atoms with Gasteiger partial charge in [0, 0.05) is 61.1 Å². The molecule has 6 aromatic rings. The van der Waals surface area contributed by atoms with Gasteiger partial charge in [-0.3, -0.25) is 9.59 Å². The zero-order valence-electron chi connectivity index (χ0n) is 32.5. The molecule has 60 heavy (non-hydrogen) atoms. The maximum atomic E-state index is 14.4. The number of β-amino-alcohol motifs (C(OH)–C–C–N with tert-alkyl or cyclic N) is 1. The minimum atomic E-state index is -1.25. The molecule has 4 aliphatic rings. The van der Waals surface area contributed by atoms with E-state index in [1.807, 2.05) is 29.2 Å². The lowest BCUT2D eigenvalue weighted by atomic mass is 9.94. The van der Waals surface area contributed by atoms with E-state index in [0.717, 1.165) is 61.0 Å². The molecule has 12 nitrogen and oxygen atoms in total. The highest BCUT2D eigenvalue weighted by atomic mass is 19.1. The van der Waals surface area contributed by atoms with E-state index >= 15 is 0 Å². The number of aromatic nitrogens is 4. The summed E-state index contributed by atoms with van der Waals surface area (Å²) in [6, 6.07) is 14.0. The summed E-state index contributed by atoms with van der Waals surface area (Å²) in [4.78, 5) is 32.9. The molecule has 8 heterocycles. The van der Waals surface area contributed by atoms with Crippen molar-refractivity contribution in [3.63, 3.8) is 0 Å². The topological polar surface area (TPSA) is 122 Å². The van der Waals surface area contributed by atoms with Crippen molar-refractivity contribution >= 4 is 34.2 Å². The zero-order valence-corrected chi connectivity index (χ0v) is 32.5. The fraction of sp³-hybridized carbons (Fsp3) is 0.318. The average molecular weight is 823 g/mol. The van der Waals surface area contributed by atoms with Crippen LogP contribution in [-0.2, 0) is 0 Å². The Morgan fingerprint density at radius 3 is 1.62 bits per heavy atom. The van der Waals surface area contributed by atoms with Crippen LogP contribution < -0.4 is 9.80 Å². The predicted octanol–water partition coefficient (Wildman–Crippen LogP) is 6.10. The Morgan fingerprint density at radius 2 is 1.17 bits per heavy atom. The number of anilines is 2. The number of fused-ring (bicyclic) bond motifs is 2. The molecule has 0 spiro atoms. The van der Waals surface area contributed by atoms with Crippen LogP contribution in [0.3, 0.4) is 0 Å². The van der Waals surface area contributed by atoms with E-state index < -0.39 is 35.5 Å². The van der Waals surface area contributed by atoms with Crippen LogP contribution in [0.2, 0.25) is 0 Å². The van der Waals surface area contributed by atoms with Crippen molar-refractivity contribution in [2.24, 2.45) is 0 Å². The SMILES string of the molecule is C=C1CN(C(=O)c2cnn3ccc(N4CCC[C@@H]4c4cc(F)ccc4F)cc23)C1.O=C(c1cnn2ccc(N3CCC[C@@H]3c3cc(F)ccc3F)cc12)N1CC(O)(CO)C1. The predicted molar refractivity (Wildman–Crippen MR) is 215 cm³/mol. The molecule has 0 aliphatic carbocycles. The van der Waals surface area contributed by atoms with E-state index in [1.54, 1.807) is 32.5 Å². The summed E-state index contributed by atoms with van der Waals surface area (Å²) >= 11 is 0. The van der Waals surface area contributed by atoms with Crippen molar-refractivity contribution in [2.75, 3.05) is 55.7 Å². The molecule has 2 aromatic carbocycles. The molecule has 10 rings (SSSR count). The van der Waals surface area contributed by atoms with Gasteiger partial charge in [-0.25, -0.2) is 26.6 Å². The van der Waals surface area contributed by atoms with Gasteiger partial charge in [0.05, 0.1) is 66.3 Å². The number of carbonyl (C=O) groups is 2. The molecule has 310 valence electrons. The molecule has 2 amide bonds. The van der Waals surface area contributed by atoms with E-state index in [1.165, 1.54) is 29.3 Å². The summed E-state index contributed by atoms with van der Waals surface area (Å²) in [6.07, 6.45) is 9.75. The summed E-state index contributed by atoms with van der Waals surface area (Å²) in [5.74, 6) is -2.10. The maximum absolute atomic E-state index is 14.4. The monoisotopic (exact) mass is 822 g/mol. The first-order valence-electron chi connectivity index (χ1n) is 19.9. The van der Waals surface area contributed by atoms with Gasteiger partial charge in [0.2, 0.25) is 0 Å². The molecular formula is C44H42F4N8O4. The number of hydrogen-bond donors (Lipinski definition) is 2. The first-order valence-corrected chi connectivity index (χ1v) is 19.9. The van der Waals surface area contributed by atoms with Crippen LogP contribution in [-0.4, -0.2) is 103 Å². The molecule has 2 atom stereocenters. The second-order valence-electron chi connectivity index (χ2n) is 16.0. The largest absolute Gasteiger partial charge is 0.393 e. The fourth-order valence-electron chi connectivity index (χ4n) is 8.85. The molecular weight excluding hydrogens is 781 g/mol. The fourth-order valence-corrected chi connectivity index (χ4v) is 8.85. The van der Waals surface area contributed by atoms with Crippen molar-refractivity contribution in [1.82, 2.24) is 29.0 Å². The minimum Gasteiger partial charge on any atom is -0.393 e. The normalized spacial score (nSPS) is 19.7. The van der Waals surface area contributed by atoms with Gasteiger partial charge in [0.25, 0.3) is 11.8 Å². The molecule has 0 bridgehead atoms. The van der Waals surface area contributed by atoms with Crippen molar-refractivity contribution in [2.45, 2.75) is 43.4 Å². The Labute approximate surface area is 342 Å². The summed E-state index contributed by atoms with van der Waals surface area (Å²) in [7, 11) is 0. The van der Waals surface area contributed by atoms with Crippen molar-refractivity contribution in [3.05, 3.63) is 143 Å². The molecule has 16 heteroatoms. The van der Waals surface area contributed by atoms with Crippen LogP contribution in [0.25, 0.3) is 11.0 Å². The van der Waals surface area contributed by atoms with E-state index in [2.05, 4.69) is 21.7 Å². The number of benzene rings is 2. The lowest BCUT2D eigenvalue weighted by molar-refractivity contribution is -0.109. The smallest absolute Gasteiger partial charge is 0.258 e. The second kappa shape index (κ2) is 15.4. The van der Waals surface area contributed by atoms with Gasteiger partial charge in [-0.1, -0.05) is 6.58 Å². The van der Waals surface area contributed by atoms with E-state index in [0.29, 0.717) is 59.3 Å². The van der Waals surface area contributed by atoms with Gasteiger partial charge in [-0.2, -0.15) is 10.2 Å². The molecule has 0 saturated carbocycles. The molecule has 4 fully saturated rings. The highest BCUT2D eigenvalue weighted by Gasteiger charge is 2.44. The van der Waals surface area contributed by atoms with Crippen LogP contribution in [0.5, 0.6) is 0 Å². The lowest BCUT2D eigenvalue weighted by Gasteiger charge is -2.45. The highest BCUT2D eigenvalue weighted by Crippen LogP contribution is 2.40. The molecule has 0 unspecified atom stereocenters. The number of rotatable bonds is 7. The van der Waals surface area contributed by atoms with Crippen LogP contribution in [0, 0.1) is 23.3 Å². The van der Waals surface area contributed by atoms with Crippen molar-refractivity contribution < 1.29 is 37.4 Å². The van der Waals surface area contributed by atoms with Crippen molar-refractivity contribution in [1.29, 1.82) is 0 Å². The van der Waals surface area contributed by atoms with Gasteiger partial charge < -0.3 is 29.8 Å². The lowest BCUT2D eigenvalue weighted by Crippen LogP contribution is -2.65. The van der Waals surface area contributed by atoms with Gasteiger partial charge in [0.15, 0.2) is 0 Å². The Kier molecular flexibility index (Phi) is 10.1. The number of halogens is 4. The van der Waals surface area contributed by atoms with Gasteiger partial charge in [-0.15, -0.1) is 0 Å². The summed E-state index contributed by atoms with van der Waals surface area (Å²) in [6.45, 7) is 6.16. The van der Waals surface area contributed by atoms with Crippen LogP contribution >= 0.6 is 0 Å². The quantitative estimate of drug-likeness (QED) is 0.147. The van der Waals surface area contributed by atoms with Crippen LogP contribution in [0.15, 0.2) is 97.6 Å². The number of amides is 2. The minimum absolute atomic E-state index is 0.0619. The molecule has 4 aromatic heterocycles. The highest BCUT2D eigenvalue weighted by molar-refractivity contribution is 6.02. The Hall–Kier alpha value is -6.26. The van der Waals surface area contributed by atoms with Crippen LogP contribution in [0.1, 0.15) is 69.6 Å². The van der Waals surface area contributed by atoms with Gasteiger partial charge >= 0.3 is 0 Å². The Balaban J connectivity index is 0.000000154. The van der Waals surface area contributed by atoms with Gasteiger partial charge in [0.1, 0.15) is 28.9 Å². The Morgan fingerprint density at radius 1 is 0.700 bits per heavy atom. The number of aliphatic hydroxyl groups excluding tert-OH is 1. The second-order valence-corrected chi connectivity index (χ2v) is 16.0.